The van der Waals surface area contributed by atoms with Crippen LogP contribution in [-0.4, -0.2) is 61.4 Å². The second-order valence-electron chi connectivity index (χ2n) is 7.55. The van der Waals surface area contributed by atoms with Crippen LogP contribution in [0.3, 0.4) is 0 Å². The molecule has 168 valence electrons. The van der Waals surface area contributed by atoms with Gasteiger partial charge in [0.15, 0.2) is 5.96 Å². The minimum absolute atomic E-state index is 0. The molecular weight excluding hydrogens is 507 g/mol. The first-order valence-corrected chi connectivity index (χ1v) is 10.6. The molecule has 1 aromatic heterocycles. The fraction of sp³-hybridized carbons (Fsp3) is 0.478. The van der Waals surface area contributed by atoms with Crippen molar-refractivity contribution in [3.8, 4) is 5.88 Å². The first kappa shape index (κ1) is 23.7. The summed E-state index contributed by atoms with van der Waals surface area (Å²) in [7, 11) is 1.81. The van der Waals surface area contributed by atoms with Gasteiger partial charge in [0, 0.05) is 45.0 Å². The lowest BCUT2D eigenvalue weighted by Gasteiger charge is -2.37. The molecule has 8 heteroatoms. The number of halogens is 1. The van der Waals surface area contributed by atoms with Crippen LogP contribution in [-0.2, 0) is 22.6 Å². The van der Waals surface area contributed by atoms with Gasteiger partial charge in [-0.05, 0) is 24.5 Å². The van der Waals surface area contributed by atoms with Gasteiger partial charge >= 0.3 is 0 Å². The van der Waals surface area contributed by atoms with E-state index in [4.69, 9.17) is 14.2 Å². The van der Waals surface area contributed by atoms with E-state index in [1.54, 1.807) is 6.20 Å². The van der Waals surface area contributed by atoms with Gasteiger partial charge in [0.1, 0.15) is 12.7 Å². The summed E-state index contributed by atoms with van der Waals surface area (Å²) in [5, 5.41) is 3.46. The van der Waals surface area contributed by atoms with Gasteiger partial charge in [-0.3, -0.25) is 4.99 Å². The number of nitrogens with zero attached hydrogens (tertiary/aromatic N) is 3. The van der Waals surface area contributed by atoms with E-state index in [2.05, 4.69) is 20.2 Å². The number of nitrogens with one attached hydrogen (secondary N) is 1. The molecule has 1 aromatic carbocycles. The highest BCUT2D eigenvalue weighted by atomic mass is 127. The largest absolute Gasteiger partial charge is 0.473 e. The maximum atomic E-state index is 5.98. The lowest BCUT2D eigenvalue weighted by molar-refractivity contribution is -0.0817. The summed E-state index contributed by atoms with van der Waals surface area (Å²) in [4.78, 5) is 11.2. The molecule has 0 saturated carbocycles. The first-order chi connectivity index (χ1) is 14.8. The van der Waals surface area contributed by atoms with Crippen LogP contribution in [0.15, 0.2) is 53.7 Å². The van der Waals surface area contributed by atoms with E-state index < -0.39 is 0 Å². The Morgan fingerprint density at radius 3 is 2.77 bits per heavy atom. The number of aromatic nitrogens is 1. The van der Waals surface area contributed by atoms with Crippen LogP contribution in [0.5, 0.6) is 5.88 Å². The highest BCUT2D eigenvalue weighted by molar-refractivity contribution is 14.0. The molecule has 1 N–H and O–H groups in total. The van der Waals surface area contributed by atoms with Crippen molar-refractivity contribution in [1.82, 2.24) is 15.2 Å². The lowest BCUT2D eigenvalue weighted by Crippen LogP contribution is -2.53. The summed E-state index contributed by atoms with van der Waals surface area (Å²) in [5.41, 5.74) is 2.12. The zero-order chi connectivity index (χ0) is 20.6. The molecule has 2 saturated heterocycles. The number of hydrogen-bond acceptors (Lipinski definition) is 5. The molecule has 0 spiro atoms. The third-order valence-electron chi connectivity index (χ3n) is 5.49. The zero-order valence-electron chi connectivity index (χ0n) is 17.9. The number of morpholine rings is 1. The monoisotopic (exact) mass is 538 g/mol. The molecule has 31 heavy (non-hydrogen) atoms. The summed E-state index contributed by atoms with van der Waals surface area (Å²) in [6.45, 7) is 4.20. The highest BCUT2D eigenvalue weighted by Gasteiger charge is 2.32. The summed E-state index contributed by atoms with van der Waals surface area (Å²) in [5.74, 6) is 1.50. The predicted molar refractivity (Wildman–Crippen MR) is 131 cm³/mol. The Kier molecular flexibility index (Phi) is 9.35. The normalized spacial score (nSPS) is 21.5. The van der Waals surface area contributed by atoms with E-state index in [0.717, 1.165) is 49.6 Å². The van der Waals surface area contributed by atoms with Gasteiger partial charge in [-0.25, -0.2) is 4.98 Å². The quantitative estimate of drug-likeness (QED) is 0.346. The molecular formula is C23H31IN4O3. The number of hydrogen-bond donors (Lipinski definition) is 1. The fourth-order valence-corrected chi connectivity index (χ4v) is 3.91. The molecule has 2 atom stereocenters. The van der Waals surface area contributed by atoms with Crippen LogP contribution < -0.4 is 10.1 Å². The van der Waals surface area contributed by atoms with Gasteiger partial charge < -0.3 is 24.4 Å². The molecule has 0 aliphatic carbocycles. The zero-order valence-corrected chi connectivity index (χ0v) is 20.2. The minimum atomic E-state index is 0. The first-order valence-electron chi connectivity index (χ1n) is 10.6. The van der Waals surface area contributed by atoms with E-state index >= 15 is 0 Å². The number of rotatable bonds is 6. The molecule has 7 nitrogen and oxygen atoms in total. The molecule has 2 aromatic rings. The Bertz CT molecular complexity index is 831. The highest BCUT2D eigenvalue weighted by Crippen LogP contribution is 2.21. The van der Waals surface area contributed by atoms with Crippen molar-refractivity contribution in [2.75, 3.05) is 33.4 Å². The number of aliphatic imine (C=N–C) groups is 1. The Morgan fingerprint density at radius 1 is 1.16 bits per heavy atom. The summed E-state index contributed by atoms with van der Waals surface area (Å²) < 4.78 is 17.8. The molecule has 2 aliphatic rings. The van der Waals surface area contributed by atoms with Gasteiger partial charge in [-0.2, -0.15) is 0 Å². The van der Waals surface area contributed by atoms with Crippen LogP contribution in [0.1, 0.15) is 24.0 Å². The maximum absolute atomic E-state index is 5.98. The summed E-state index contributed by atoms with van der Waals surface area (Å²) >= 11 is 0. The summed E-state index contributed by atoms with van der Waals surface area (Å²) in [6, 6.07) is 14.1. The topological polar surface area (TPSA) is 68.2 Å². The average molecular weight is 538 g/mol. The van der Waals surface area contributed by atoms with Crippen LogP contribution in [0.2, 0.25) is 0 Å². The third kappa shape index (κ3) is 6.54. The SMILES string of the molecule is CN=C(NCc1cccnc1OCc1ccccc1)N1CCOC(C2CCCO2)C1.I. The van der Waals surface area contributed by atoms with Gasteiger partial charge in [-0.15, -0.1) is 24.0 Å². The maximum Gasteiger partial charge on any atom is 0.218 e. The molecule has 0 radical (unpaired) electrons. The number of benzene rings is 1. The smallest absolute Gasteiger partial charge is 0.218 e. The van der Waals surface area contributed by atoms with Crippen LogP contribution >= 0.6 is 24.0 Å². The van der Waals surface area contributed by atoms with Crippen molar-refractivity contribution in [1.29, 1.82) is 0 Å². The molecule has 0 bridgehead atoms. The molecule has 3 heterocycles. The third-order valence-corrected chi connectivity index (χ3v) is 5.49. The van der Waals surface area contributed by atoms with Crippen molar-refractivity contribution in [2.45, 2.75) is 38.2 Å². The van der Waals surface area contributed by atoms with Crippen LogP contribution in [0, 0.1) is 0 Å². The molecule has 4 rings (SSSR count). The fourth-order valence-electron chi connectivity index (χ4n) is 3.91. The van der Waals surface area contributed by atoms with Gasteiger partial charge in [0.05, 0.1) is 12.7 Å². The number of guanidine groups is 1. The van der Waals surface area contributed by atoms with Crippen molar-refractivity contribution in [3.63, 3.8) is 0 Å². The Morgan fingerprint density at radius 2 is 2.00 bits per heavy atom. The lowest BCUT2D eigenvalue weighted by atomic mass is 10.1. The van der Waals surface area contributed by atoms with E-state index in [-0.39, 0.29) is 36.2 Å². The van der Waals surface area contributed by atoms with Crippen molar-refractivity contribution < 1.29 is 14.2 Å². The van der Waals surface area contributed by atoms with Gasteiger partial charge in [0.25, 0.3) is 0 Å². The van der Waals surface area contributed by atoms with E-state index in [9.17, 15) is 0 Å². The number of ether oxygens (including phenoxy) is 3. The average Bonchev–Trinajstić information content (AvgIpc) is 3.35. The van der Waals surface area contributed by atoms with Gasteiger partial charge in [-0.1, -0.05) is 36.4 Å². The number of pyridine rings is 1. The van der Waals surface area contributed by atoms with Crippen LogP contribution in [0.25, 0.3) is 0 Å². The second-order valence-corrected chi connectivity index (χ2v) is 7.55. The molecule has 0 amide bonds. The van der Waals surface area contributed by atoms with Crippen molar-refractivity contribution >= 4 is 29.9 Å². The molecule has 2 unspecified atom stereocenters. The van der Waals surface area contributed by atoms with E-state index in [1.165, 1.54) is 0 Å². The standard InChI is InChI=1S/C23H30N4O3.HI/c1-24-23(27-12-14-29-21(16-27)20-10-6-13-28-20)26-15-19-9-5-11-25-22(19)30-17-18-7-3-2-4-8-18;/h2-5,7-9,11,20-21H,6,10,12-17H2,1H3,(H,24,26);1H. The van der Waals surface area contributed by atoms with Gasteiger partial charge in [0.2, 0.25) is 5.88 Å². The Balaban J connectivity index is 0.00000272. The predicted octanol–water partition coefficient (Wildman–Crippen LogP) is 3.23. The van der Waals surface area contributed by atoms with Crippen molar-refractivity contribution in [3.05, 3.63) is 59.8 Å². The summed E-state index contributed by atoms with van der Waals surface area (Å²) in [6.07, 6.45) is 4.24. The van der Waals surface area contributed by atoms with Crippen molar-refractivity contribution in [2.24, 2.45) is 4.99 Å². The Hall–Kier alpha value is -1.91. The molecule has 2 fully saturated rings. The van der Waals surface area contributed by atoms with Crippen LogP contribution in [0.4, 0.5) is 0 Å². The molecule has 2 aliphatic heterocycles. The second kappa shape index (κ2) is 12.2. The Labute approximate surface area is 201 Å². The van der Waals surface area contributed by atoms with E-state index in [0.29, 0.717) is 25.6 Å². The minimum Gasteiger partial charge on any atom is -0.473 e. The van der Waals surface area contributed by atoms with E-state index in [1.807, 2.05) is 49.5 Å².